The number of nitrogens with zero attached hydrogens (tertiary/aromatic N) is 1. The van der Waals surface area contributed by atoms with Crippen LogP contribution >= 0.6 is 0 Å². The Morgan fingerprint density at radius 1 is 1.26 bits per heavy atom. The van der Waals surface area contributed by atoms with E-state index in [1.807, 2.05) is 24.1 Å². The first-order chi connectivity index (χ1) is 10.8. The molecule has 0 saturated heterocycles. The molecule has 0 spiro atoms. The molecule has 1 aromatic carbocycles. The molecule has 0 saturated carbocycles. The maximum atomic E-state index is 12.3. The van der Waals surface area contributed by atoms with Crippen LogP contribution in [-0.4, -0.2) is 41.0 Å². The van der Waals surface area contributed by atoms with Crippen molar-refractivity contribution in [2.75, 3.05) is 20.4 Å². The molecule has 1 aliphatic heterocycles. The van der Waals surface area contributed by atoms with Crippen LogP contribution < -0.4 is 15.0 Å². The van der Waals surface area contributed by atoms with Gasteiger partial charge in [-0.05, 0) is 39.4 Å². The summed E-state index contributed by atoms with van der Waals surface area (Å²) in [5.41, 5.74) is 0.616. The fourth-order valence-corrected chi connectivity index (χ4v) is 2.59. The van der Waals surface area contributed by atoms with E-state index >= 15 is 0 Å². The zero-order chi connectivity index (χ0) is 16.6. The lowest BCUT2D eigenvalue weighted by molar-refractivity contribution is 0.0599. The van der Waals surface area contributed by atoms with Gasteiger partial charge in [0, 0.05) is 30.1 Å². The van der Waals surface area contributed by atoms with Crippen molar-refractivity contribution in [2.45, 2.75) is 32.4 Å². The predicted molar refractivity (Wildman–Crippen MR) is 87.9 cm³/mol. The Morgan fingerprint density at radius 3 is 2.65 bits per heavy atom. The fraction of sp³-hybridized carbons (Fsp3) is 0.471. The molecule has 1 aromatic heterocycles. The molecular weight excluding hydrogens is 296 g/mol. The molecule has 6 nitrogen and oxygen atoms in total. The van der Waals surface area contributed by atoms with E-state index in [0.717, 1.165) is 10.9 Å². The van der Waals surface area contributed by atoms with Crippen molar-refractivity contribution < 1.29 is 14.6 Å². The van der Waals surface area contributed by atoms with E-state index in [2.05, 4.69) is 4.98 Å². The zero-order valence-electron chi connectivity index (χ0n) is 13.7. The summed E-state index contributed by atoms with van der Waals surface area (Å²) in [6.07, 6.45) is 0.647. The summed E-state index contributed by atoms with van der Waals surface area (Å²) in [6, 6.07) is 5.56. The third kappa shape index (κ3) is 3.65. The molecule has 0 aliphatic carbocycles. The summed E-state index contributed by atoms with van der Waals surface area (Å²) in [4.78, 5) is 17.2. The second-order valence-electron chi connectivity index (χ2n) is 6.72. The van der Waals surface area contributed by atoms with Gasteiger partial charge in [0.25, 0.3) is 5.56 Å². The van der Waals surface area contributed by atoms with Crippen LogP contribution in [0.1, 0.15) is 25.8 Å². The smallest absolute Gasteiger partial charge is 0.252 e. The summed E-state index contributed by atoms with van der Waals surface area (Å²) in [7, 11) is 1.94. The van der Waals surface area contributed by atoms with Gasteiger partial charge in [0.05, 0.1) is 11.1 Å². The molecule has 124 valence electrons. The summed E-state index contributed by atoms with van der Waals surface area (Å²) < 4.78 is 10.7. The van der Waals surface area contributed by atoms with Gasteiger partial charge in [0.15, 0.2) is 11.5 Å². The monoisotopic (exact) mass is 318 g/mol. The lowest BCUT2D eigenvalue weighted by Crippen LogP contribution is -2.29. The van der Waals surface area contributed by atoms with Crippen molar-refractivity contribution in [1.82, 2.24) is 9.88 Å². The zero-order valence-corrected chi connectivity index (χ0v) is 13.7. The van der Waals surface area contributed by atoms with E-state index in [9.17, 15) is 9.90 Å². The maximum absolute atomic E-state index is 12.3. The molecule has 0 atom stereocenters. The molecule has 6 heteroatoms. The molecule has 0 unspecified atom stereocenters. The summed E-state index contributed by atoms with van der Waals surface area (Å²) >= 11 is 0. The first-order valence-corrected chi connectivity index (χ1v) is 7.68. The second-order valence-corrected chi connectivity index (χ2v) is 6.72. The molecule has 2 heterocycles. The minimum atomic E-state index is -0.706. The average molecular weight is 318 g/mol. The molecule has 2 aromatic rings. The number of rotatable bonds is 5. The maximum Gasteiger partial charge on any atom is 0.252 e. The highest BCUT2D eigenvalue weighted by atomic mass is 16.7. The average Bonchev–Trinajstić information content (AvgIpc) is 2.90. The van der Waals surface area contributed by atoms with Crippen molar-refractivity contribution in [2.24, 2.45) is 0 Å². The van der Waals surface area contributed by atoms with E-state index in [0.29, 0.717) is 36.6 Å². The number of aromatic nitrogens is 1. The van der Waals surface area contributed by atoms with Crippen LogP contribution in [0.15, 0.2) is 23.0 Å². The number of ether oxygens (including phenoxy) is 2. The number of benzene rings is 1. The number of pyridine rings is 1. The van der Waals surface area contributed by atoms with E-state index in [4.69, 9.17) is 9.47 Å². The van der Waals surface area contributed by atoms with Crippen molar-refractivity contribution in [3.8, 4) is 11.5 Å². The van der Waals surface area contributed by atoms with E-state index < -0.39 is 5.60 Å². The van der Waals surface area contributed by atoms with Crippen LogP contribution in [0.2, 0.25) is 0 Å². The van der Waals surface area contributed by atoms with Crippen LogP contribution in [0.4, 0.5) is 0 Å². The van der Waals surface area contributed by atoms with E-state index in [1.54, 1.807) is 19.9 Å². The topological polar surface area (TPSA) is 74.8 Å². The number of hydrogen-bond donors (Lipinski definition) is 2. The SMILES string of the molecule is CN(CCC(C)(C)O)Cc1cc2cc3c(cc2[nH]c1=O)OCO3. The number of aliphatic hydroxyl groups is 1. The molecule has 0 amide bonds. The van der Waals surface area contributed by atoms with E-state index in [1.165, 1.54) is 0 Å². The minimum Gasteiger partial charge on any atom is -0.454 e. The van der Waals surface area contributed by atoms with Crippen LogP contribution in [0.3, 0.4) is 0 Å². The first kappa shape index (κ1) is 15.8. The van der Waals surface area contributed by atoms with Gasteiger partial charge in [-0.1, -0.05) is 0 Å². The van der Waals surface area contributed by atoms with Crippen molar-refractivity contribution in [3.63, 3.8) is 0 Å². The molecule has 3 rings (SSSR count). The number of H-pyrrole nitrogens is 1. The quantitative estimate of drug-likeness (QED) is 0.880. The van der Waals surface area contributed by atoms with Gasteiger partial charge < -0.3 is 24.5 Å². The number of hydrogen-bond acceptors (Lipinski definition) is 5. The van der Waals surface area contributed by atoms with Crippen LogP contribution in [-0.2, 0) is 6.54 Å². The molecule has 1 aliphatic rings. The van der Waals surface area contributed by atoms with Gasteiger partial charge >= 0.3 is 0 Å². The Hall–Kier alpha value is -2.05. The Kier molecular flexibility index (Phi) is 4.04. The Morgan fingerprint density at radius 2 is 1.96 bits per heavy atom. The molecule has 0 radical (unpaired) electrons. The molecule has 23 heavy (non-hydrogen) atoms. The Bertz CT molecular complexity index is 776. The highest BCUT2D eigenvalue weighted by Crippen LogP contribution is 2.35. The van der Waals surface area contributed by atoms with Gasteiger partial charge in [-0.2, -0.15) is 0 Å². The number of nitrogens with one attached hydrogen (secondary N) is 1. The van der Waals surface area contributed by atoms with Gasteiger partial charge in [0.1, 0.15) is 0 Å². The first-order valence-electron chi connectivity index (χ1n) is 7.68. The number of fused-ring (bicyclic) bond motifs is 2. The number of aromatic amines is 1. The third-order valence-corrected chi connectivity index (χ3v) is 3.96. The van der Waals surface area contributed by atoms with Crippen molar-refractivity contribution in [1.29, 1.82) is 0 Å². The highest BCUT2D eigenvalue weighted by Gasteiger charge is 2.17. The van der Waals surface area contributed by atoms with Gasteiger partial charge in [-0.25, -0.2) is 0 Å². The third-order valence-electron chi connectivity index (χ3n) is 3.96. The standard InChI is InChI=1S/C17H22N2O4/c1-17(2,21)4-5-19(3)9-12-6-11-7-14-15(23-10-22-14)8-13(11)18-16(12)20/h6-8,21H,4-5,9-10H2,1-3H3,(H,18,20). The second kappa shape index (κ2) is 5.86. The normalized spacial score (nSPS) is 14.0. The molecular formula is C17H22N2O4. The summed E-state index contributed by atoms with van der Waals surface area (Å²) in [5.74, 6) is 1.36. The van der Waals surface area contributed by atoms with Crippen molar-refractivity contribution >= 4 is 10.9 Å². The Labute approximate surface area is 134 Å². The van der Waals surface area contributed by atoms with Crippen LogP contribution in [0.5, 0.6) is 11.5 Å². The predicted octanol–water partition coefficient (Wildman–Crippen LogP) is 1.85. The van der Waals surface area contributed by atoms with E-state index in [-0.39, 0.29) is 12.4 Å². The molecule has 2 N–H and O–H groups in total. The van der Waals surface area contributed by atoms with Crippen LogP contribution in [0, 0.1) is 0 Å². The van der Waals surface area contributed by atoms with Gasteiger partial charge in [-0.3, -0.25) is 4.79 Å². The van der Waals surface area contributed by atoms with Crippen molar-refractivity contribution in [3.05, 3.63) is 34.1 Å². The minimum absolute atomic E-state index is 0.105. The lowest BCUT2D eigenvalue weighted by atomic mass is 10.1. The molecule has 0 bridgehead atoms. The van der Waals surface area contributed by atoms with Crippen LogP contribution in [0.25, 0.3) is 10.9 Å². The fourth-order valence-electron chi connectivity index (χ4n) is 2.59. The highest BCUT2D eigenvalue weighted by molar-refractivity contribution is 5.83. The molecule has 0 fully saturated rings. The largest absolute Gasteiger partial charge is 0.454 e. The summed E-state index contributed by atoms with van der Waals surface area (Å²) in [6.45, 7) is 5.01. The summed E-state index contributed by atoms with van der Waals surface area (Å²) in [5, 5.41) is 10.7. The Balaban J connectivity index is 1.82. The van der Waals surface area contributed by atoms with Gasteiger partial charge in [-0.15, -0.1) is 0 Å². The lowest BCUT2D eigenvalue weighted by Gasteiger charge is -2.22. The van der Waals surface area contributed by atoms with Gasteiger partial charge in [0.2, 0.25) is 6.79 Å².